The standard InChI is InChI=1S/C14H21N3O3/c1-14(2,3)11-8-10(12(19)20)15-13(16-11)17-6-4-9(18)5-7-17/h8-9,18H,4-7H2,1-3H3,(H,19,20). The summed E-state index contributed by atoms with van der Waals surface area (Å²) in [4.78, 5) is 21.8. The fourth-order valence-corrected chi connectivity index (χ4v) is 2.14. The second-order valence-corrected chi connectivity index (χ2v) is 6.21. The van der Waals surface area contributed by atoms with Crippen LogP contribution in [0, 0.1) is 0 Å². The van der Waals surface area contributed by atoms with Crippen molar-refractivity contribution in [1.29, 1.82) is 0 Å². The number of aliphatic hydroxyl groups is 1. The van der Waals surface area contributed by atoms with E-state index >= 15 is 0 Å². The third kappa shape index (κ3) is 3.25. The number of nitrogens with zero attached hydrogens (tertiary/aromatic N) is 3. The van der Waals surface area contributed by atoms with Crippen molar-refractivity contribution in [3.63, 3.8) is 0 Å². The largest absolute Gasteiger partial charge is 0.477 e. The number of piperidine rings is 1. The summed E-state index contributed by atoms with van der Waals surface area (Å²) >= 11 is 0. The summed E-state index contributed by atoms with van der Waals surface area (Å²) in [5.41, 5.74) is 0.494. The molecule has 0 bridgehead atoms. The Balaban J connectivity index is 2.37. The minimum absolute atomic E-state index is 0.0195. The van der Waals surface area contributed by atoms with Crippen molar-refractivity contribution in [3.05, 3.63) is 17.5 Å². The second-order valence-electron chi connectivity index (χ2n) is 6.21. The fraction of sp³-hybridized carbons (Fsp3) is 0.643. The maximum atomic E-state index is 11.2. The summed E-state index contributed by atoms with van der Waals surface area (Å²) in [7, 11) is 0. The third-order valence-electron chi connectivity index (χ3n) is 3.45. The van der Waals surface area contributed by atoms with E-state index in [4.69, 9.17) is 0 Å². The molecular weight excluding hydrogens is 258 g/mol. The van der Waals surface area contributed by atoms with Crippen molar-refractivity contribution < 1.29 is 15.0 Å². The van der Waals surface area contributed by atoms with E-state index in [1.54, 1.807) is 0 Å². The summed E-state index contributed by atoms with van der Waals surface area (Å²) in [5, 5.41) is 18.7. The molecule has 20 heavy (non-hydrogen) atoms. The zero-order valence-electron chi connectivity index (χ0n) is 12.1. The van der Waals surface area contributed by atoms with Gasteiger partial charge in [0.2, 0.25) is 5.95 Å². The number of hydrogen-bond donors (Lipinski definition) is 2. The number of carboxylic acid groups (broad SMARTS) is 1. The SMILES string of the molecule is CC(C)(C)c1cc(C(=O)O)nc(N2CCC(O)CC2)n1. The monoisotopic (exact) mass is 279 g/mol. The second kappa shape index (κ2) is 5.36. The highest BCUT2D eigenvalue weighted by atomic mass is 16.4. The van der Waals surface area contributed by atoms with Crippen LogP contribution < -0.4 is 4.90 Å². The first kappa shape index (κ1) is 14.7. The first-order valence-corrected chi connectivity index (χ1v) is 6.83. The number of aromatic nitrogens is 2. The van der Waals surface area contributed by atoms with E-state index in [9.17, 15) is 15.0 Å². The molecule has 0 unspecified atom stereocenters. The van der Waals surface area contributed by atoms with Gasteiger partial charge in [-0.1, -0.05) is 20.8 Å². The van der Waals surface area contributed by atoms with Crippen molar-refractivity contribution in [1.82, 2.24) is 9.97 Å². The van der Waals surface area contributed by atoms with Crippen molar-refractivity contribution in [2.75, 3.05) is 18.0 Å². The van der Waals surface area contributed by atoms with Gasteiger partial charge < -0.3 is 15.1 Å². The zero-order valence-corrected chi connectivity index (χ0v) is 12.1. The van der Waals surface area contributed by atoms with Gasteiger partial charge in [-0.15, -0.1) is 0 Å². The van der Waals surface area contributed by atoms with Gasteiger partial charge >= 0.3 is 5.97 Å². The first-order chi connectivity index (χ1) is 9.27. The first-order valence-electron chi connectivity index (χ1n) is 6.83. The van der Waals surface area contributed by atoms with Gasteiger partial charge in [-0.3, -0.25) is 0 Å². The Morgan fingerprint density at radius 3 is 2.40 bits per heavy atom. The molecule has 0 radical (unpaired) electrons. The van der Waals surface area contributed by atoms with Crippen molar-refractivity contribution >= 4 is 11.9 Å². The number of carbonyl (C=O) groups is 1. The molecule has 6 nitrogen and oxygen atoms in total. The van der Waals surface area contributed by atoms with Crippen molar-refractivity contribution in [2.45, 2.75) is 45.1 Å². The van der Waals surface area contributed by atoms with Gasteiger partial charge in [0.15, 0.2) is 5.69 Å². The molecule has 0 aliphatic carbocycles. The van der Waals surface area contributed by atoms with Gasteiger partial charge in [-0.2, -0.15) is 0 Å². The van der Waals surface area contributed by atoms with E-state index in [-0.39, 0.29) is 17.2 Å². The van der Waals surface area contributed by atoms with Crippen LogP contribution in [0.3, 0.4) is 0 Å². The van der Waals surface area contributed by atoms with E-state index < -0.39 is 5.97 Å². The van der Waals surface area contributed by atoms with E-state index in [0.717, 1.165) is 0 Å². The predicted octanol–water partition coefficient (Wildman–Crippen LogP) is 1.43. The number of anilines is 1. The molecule has 2 heterocycles. The highest BCUT2D eigenvalue weighted by Gasteiger charge is 2.24. The molecule has 0 atom stereocenters. The summed E-state index contributed by atoms with van der Waals surface area (Å²) < 4.78 is 0. The molecule has 0 saturated carbocycles. The van der Waals surface area contributed by atoms with E-state index in [1.807, 2.05) is 25.7 Å². The Morgan fingerprint density at radius 1 is 1.30 bits per heavy atom. The number of aliphatic hydroxyl groups excluding tert-OH is 1. The predicted molar refractivity (Wildman–Crippen MR) is 75.1 cm³/mol. The van der Waals surface area contributed by atoms with Gasteiger partial charge in [-0.25, -0.2) is 14.8 Å². The lowest BCUT2D eigenvalue weighted by molar-refractivity contribution is 0.0690. The van der Waals surface area contributed by atoms with Gasteiger partial charge in [0.05, 0.1) is 11.8 Å². The van der Waals surface area contributed by atoms with Crippen molar-refractivity contribution in [2.24, 2.45) is 0 Å². The van der Waals surface area contributed by atoms with Crippen LogP contribution in [-0.4, -0.2) is 45.3 Å². The smallest absolute Gasteiger partial charge is 0.354 e. The molecule has 1 saturated heterocycles. The number of rotatable bonds is 2. The number of aromatic carboxylic acids is 1. The van der Waals surface area contributed by atoms with Crippen LogP contribution in [0.25, 0.3) is 0 Å². The lowest BCUT2D eigenvalue weighted by Crippen LogP contribution is -2.37. The molecule has 1 fully saturated rings. The highest BCUT2D eigenvalue weighted by Crippen LogP contribution is 2.24. The zero-order chi connectivity index (χ0) is 14.9. The highest BCUT2D eigenvalue weighted by molar-refractivity contribution is 5.85. The van der Waals surface area contributed by atoms with Crippen LogP contribution in [0.4, 0.5) is 5.95 Å². The minimum Gasteiger partial charge on any atom is -0.477 e. The summed E-state index contributed by atoms with van der Waals surface area (Å²) in [5.74, 6) is -0.599. The maximum Gasteiger partial charge on any atom is 0.354 e. The van der Waals surface area contributed by atoms with Gasteiger partial charge in [0.25, 0.3) is 0 Å². The topological polar surface area (TPSA) is 86.5 Å². The average molecular weight is 279 g/mol. The van der Waals surface area contributed by atoms with Crippen LogP contribution in [0.5, 0.6) is 0 Å². The lowest BCUT2D eigenvalue weighted by atomic mass is 9.91. The van der Waals surface area contributed by atoms with Crippen LogP contribution >= 0.6 is 0 Å². The van der Waals surface area contributed by atoms with E-state index in [2.05, 4.69) is 9.97 Å². The van der Waals surface area contributed by atoms with Crippen LogP contribution in [0.1, 0.15) is 49.8 Å². The van der Waals surface area contributed by atoms with E-state index in [0.29, 0.717) is 37.6 Å². The van der Waals surface area contributed by atoms with Gasteiger partial charge in [0, 0.05) is 18.5 Å². The third-order valence-corrected chi connectivity index (χ3v) is 3.45. The Bertz CT molecular complexity index is 503. The minimum atomic E-state index is -1.05. The molecule has 2 rings (SSSR count). The molecule has 6 heteroatoms. The maximum absolute atomic E-state index is 11.2. The number of hydrogen-bond acceptors (Lipinski definition) is 5. The normalized spacial score (nSPS) is 17.3. The molecule has 1 aromatic heterocycles. The fourth-order valence-electron chi connectivity index (χ4n) is 2.14. The van der Waals surface area contributed by atoms with Gasteiger partial charge in [-0.05, 0) is 18.9 Å². The molecule has 1 aliphatic heterocycles. The Morgan fingerprint density at radius 2 is 1.90 bits per heavy atom. The molecule has 0 spiro atoms. The molecule has 1 aromatic rings. The van der Waals surface area contributed by atoms with Crippen LogP contribution in [0.2, 0.25) is 0 Å². The average Bonchev–Trinajstić information content (AvgIpc) is 2.38. The quantitative estimate of drug-likeness (QED) is 0.851. The lowest BCUT2D eigenvalue weighted by Gasteiger charge is -2.30. The van der Waals surface area contributed by atoms with Crippen LogP contribution in [-0.2, 0) is 5.41 Å². The molecule has 2 N–H and O–H groups in total. The molecule has 0 aromatic carbocycles. The van der Waals surface area contributed by atoms with Gasteiger partial charge in [0.1, 0.15) is 0 Å². The Labute approximate surface area is 118 Å². The summed E-state index contributed by atoms with van der Waals surface area (Å²) in [6, 6.07) is 1.53. The Kier molecular flexibility index (Phi) is 3.94. The molecule has 0 amide bonds. The van der Waals surface area contributed by atoms with E-state index in [1.165, 1.54) is 6.07 Å². The van der Waals surface area contributed by atoms with Crippen LogP contribution in [0.15, 0.2) is 6.07 Å². The molecule has 110 valence electrons. The summed E-state index contributed by atoms with van der Waals surface area (Å²) in [6.07, 6.45) is 1.04. The number of carboxylic acids is 1. The molecular formula is C14H21N3O3. The summed E-state index contributed by atoms with van der Waals surface area (Å²) in [6.45, 7) is 7.27. The Hall–Kier alpha value is -1.69. The molecule has 1 aliphatic rings. The van der Waals surface area contributed by atoms with Crippen molar-refractivity contribution in [3.8, 4) is 0 Å².